The standard InChI is InChI=1S/C21H16N4O4/c26-20-18-8-4-5-9-19(18)23-21(22-16-10-12-17(13-11-16)25(27)28)24(20)29-14-15-6-2-1-3-7-15/h1-13H,14H2,(H,22,23). The van der Waals surface area contributed by atoms with Gasteiger partial charge in [0.25, 0.3) is 11.2 Å². The Hall–Kier alpha value is -4.20. The molecule has 4 aromatic rings. The fourth-order valence-electron chi connectivity index (χ4n) is 2.82. The number of rotatable bonds is 6. The van der Waals surface area contributed by atoms with Crippen LogP contribution < -0.4 is 15.7 Å². The molecule has 0 amide bonds. The van der Waals surface area contributed by atoms with Crippen LogP contribution in [0.1, 0.15) is 5.56 Å². The van der Waals surface area contributed by atoms with Crippen molar-refractivity contribution < 1.29 is 9.76 Å². The van der Waals surface area contributed by atoms with Crippen molar-refractivity contribution in [2.24, 2.45) is 0 Å². The average molecular weight is 388 g/mol. The van der Waals surface area contributed by atoms with Crippen LogP contribution in [0.3, 0.4) is 0 Å². The zero-order valence-electron chi connectivity index (χ0n) is 15.2. The van der Waals surface area contributed by atoms with E-state index in [0.29, 0.717) is 16.6 Å². The van der Waals surface area contributed by atoms with Crippen molar-refractivity contribution in [3.05, 3.63) is 105 Å². The van der Waals surface area contributed by atoms with Crippen molar-refractivity contribution in [3.8, 4) is 0 Å². The van der Waals surface area contributed by atoms with Gasteiger partial charge in [0.05, 0.1) is 15.8 Å². The second kappa shape index (κ2) is 7.81. The molecule has 0 fully saturated rings. The summed E-state index contributed by atoms with van der Waals surface area (Å²) >= 11 is 0. The molecule has 0 atom stereocenters. The van der Waals surface area contributed by atoms with Crippen LogP contribution in [0.2, 0.25) is 0 Å². The van der Waals surface area contributed by atoms with E-state index in [1.54, 1.807) is 36.4 Å². The Kier molecular flexibility index (Phi) is 4.90. The van der Waals surface area contributed by atoms with Gasteiger partial charge in [-0.25, -0.2) is 4.98 Å². The minimum absolute atomic E-state index is 0.0280. The van der Waals surface area contributed by atoms with E-state index >= 15 is 0 Å². The zero-order chi connectivity index (χ0) is 20.2. The Labute approximate surface area is 165 Å². The molecule has 8 nitrogen and oxygen atoms in total. The fourth-order valence-corrected chi connectivity index (χ4v) is 2.82. The Balaban J connectivity index is 1.72. The number of nitro groups is 1. The molecule has 0 radical (unpaired) electrons. The number of non-ortho nitro benzene ring substituents is 1. The minimum atomic E-state index is -0.475. The number of fused-ring (bicyclic) bond motifs is 1. The van der Waals surface area contributed by atoms with E-state index in [0.717, 1.165) is 10.3 Å². The maximum absolute atomic E-state index is 13.0. The summed E-state index contributed by atoms with van der Waals surface area (Å²) in [5, 5.41) is 14.3. The molecule has 0 aliphatic carbocycles. The summed E-state index contributed by atoms with van der Waals surface area (Å²) in [4.78, 5) is 33.6. The molecular formula is C21H16N4O4. The molecule has 1 N–H and O–H groups in total. The van der Waals surface area contributed by atoms with Crippen molar-refractivity contribution in [1.29, 1.82) is 0 Å². The van der Waals surface area contributed by atoms with Gasteiger partial charge in [0.15, 0.2) is 0 Å². The van der Waals surface area contributed by atoms with E-state index in [-0.39, 0.29) is 23.8 Å². The van der Waals surface area contributed by atoms with Gasteiger partial charge in [-0.2, -0.15) is 0 Å². The fraction of sp³-hybridized carbons (Fsp3) is 0.0476. The van der Waals surface area contributed by atoms with Crippen LogP contribution in [-0.4, -0.2) is 14.6 Å². The molecule has 0 bridgehead atoms. The monoisotopic (exact) mass is 388 g/mol. The van der Waals surface area contributed by atoms with Gasteiger partial charge in [0.1, 0.15) is 6.61 Å². The molecular weight excluding hydrogens is 372 g/mol. The average Bonchev–Trinajstić information content (AvgIpc) is 2.75. The number of nitro benzene ring substituents is 1. The van der Waals surface area contributed by atoms with Crippen molar-refractivity contribution in [2.45, 2.75) is 6.61 Å². The van der Waals surface area contributed by atoms with Gasteiger partial charge in [-0.05, 0) is 29.8 Å². The summed E-state index contributed by atoms with van der Waals surface area (Å²) in [5.41, 5.74) is 1.57. The summed E-state index contributed by atoms with van der Waals surface area (Å²) in [5.74, 6) is 0.179. The third kappa shape index (κ3) is 3.91. The molecule has 1 aromatic heterocycles. The van der Waals surface area contributed by atoms with Gasteiger partial charge in [0, 0.05) is 17.8 Å². The predicted molar refractivity (Wildman–Crippen MR) is 109 cm³/mol. The lowest BCUT2D eigenvalue weighted by Gasteiger charge is -2.15. The lowest BCUT2D eigenvalue weighted by atomic mass is 10.2. The Morgan fingerprint density at radius 1 is 0.966 bits per heavy atom. The first-order chi connectivity index (χ1) is 14.1. The van der Waals surface area contributed by atoms with Gasteiger partial charge < -0.3 is 10.2 Å². The largest absolute Gasteiger partial charge is 0.402 e. The number of anilines is 2. The molecule has 0 saturated carbocycles. The number of para-hydroxylation sites is 1. The molecule has 4 rings (SSSR count). The SMILES string of the molecule is O=c1c2ccccc2nc(Nc2ccc([N+](=O)[O-])cc2)n1OCc1ccccc1. The number of hydrogen-bond acceptors (Lipinski definition) is 6. The van der Waals surface area contributed by atoms with Crippen molar-refractivity contribution >= 4 is 28.2 Å². The third-order valence-electron chi connectivity index (χ3n) is 4.28. The highest BCUT2D eigenvalue weighted by molar-refractivity contribution is 5.79. The molecule has 29 heavy (non-hydrogen) atoms. The topological polar surface area (TPSA) is 99.3 Å². The van der Waals surface area contributed by atoms with E-state index < -0.39 is 4.92 Å². The minimum Gasteiger partial charge on any atom is -0.402 e. The Morgan fingerprint density at radius 3 is 2.38 bits per heavy atom. The lowest BCUT2D eigenvalue weighted by Crippen LogP contribution is -2.30. The number of nitrogens with one attached hydrogen (secondary N) is 1. The molecule has 3 aromatic carbocycles. The second-order valence-corrected chi connectivity index (χ2v) is 6.24. The molecule has 0 aliphatic heterocycles. The van der Waals surface area contributed by atoms with Crippen LogP contribution in [0.5, 0.6) is 0 Å². The summed E-state index contributed by atoms with van der Waals surface area (Å²) in [6.45, 7) is 0.176. The van der Waals surface area contributed by atoms with E-state index in [4.69, 9.17) is 4.84 Å². The van der Waals surface area contributed by atoms with Crippen LogP contribution in [0, 0.1) is 10.1 Å². The first-order valence-electron chi connectivity index (χ1n) is 8.82. The van der Waals surface area contributed by atoms with Crippen LogP contribution in [-0.2, 0) is 6.61 Å². The normalized spacial score (nSPS) is 10.6. The van der Waals surface area contributed by atoms with Gasteiger partial charge in [-0.3, -0.25) is 14.9 Å². The lowest BCUT2D eigenvalue weighted by molar-refractivity contribution is -0.384. The van der Waals surface area contributed by atoms with Gasteiger partial charge >= 0.3 is 0 Å². The van der Waals surface area contributed by atoms with Crippen molar-refractivity contribution in [3.63, 3.8) is 0 Å². The van der Waals surface area contributed by atoms with Gasteiger partial charge in [-0.1, -0.05) is 42.5 Å². The van der Waals surface area contributed by atoms with Crippen LogP contribution >= 0.6 is 0 Å². The maximum Gasteiger partial charge on any atom is 0.295 e. The first kappa shape index (κ1) is 18.2. The maximum atomic E-state index is 13.0. The number of nitrogens with zero attached hydrogens (tertiary/aromatic N) is 3. The van der Waals surface area contributed by atoms with Gasteiger partial charge in [0.2, 0.25) is 5.95 Å². The summed E-state index contributed by atoms with van der Waals surface area (Å²) < 4.78 is 1.11. The number of hydrogen-bond donors (Lipinski definition) is 1. The molecule has 0 spiro atoms. The molecule has 1 heterocycles. The Bertz CT molecular complexity index is 1220. The highest BCUT2D eigenvalue weighted by Crippen LogP contribution is 2.19. The van der Waals surface area contributed by atoms with Gasteiger partial charge in [-0.15, -0.1) is 4.73 Å². The Morgan fingerprint density at radius 2 is 1.66 bits per heavy atom. The predicted octanol–water partition coefficient (Wildman–Crippen LogP) is 3.68. The summed E-state index contributed by atoms with van der Waals surface area (Å²) in [6, 6.07) is 22.3. The first-order valence-corrected chi connectivity index (χ1v) is 8.82. The second-order valence-electron chi connectivity index (χ2n) is 6.24. The van der Waals surface area contributed by atoms with Crippen LogP contribution in [0.4, 0.5) is 17.3 Å². The quantitative estimate of drug-likeness (QED) is 0.400. The number of aromatic nitrogens is 2. The van der Waals surface area contributed by atoms with E-state index in [9.17, 15) is 14.9 Å². The highest BCUT2D eigenvalue weighted by atomic mass is 16.7. The summed E-state index contributed by atoms with van der Waals surface area (Å²) in [6.07, 6.45) is 0. The molecule has 0 unspecified atom stereocenters. The molecule has 0 saturated heterocycles. The highest BCUT2D eigenvalue weighted by Gasteiger charge is 2.13. The molecule has 144 valence electrons. The van der Waals surface area contributed by atoms with E-state index in [1.807, 2.05) is 30.3 Å². The zero-order valence-corrected chi connectivity index (χ0v) is 15.2. The summed E-state index contributed by atoms with van der Waals surface area (Å²) in [7, 11) is 0. The third-order valence-corrected chi connectivity index (χ3v) is 4.28. The smallest absolute Gasteiger partial charge is 0.295 e. The molecule has 0 aliphatic rings. The van der Waals surface area contributed by atoms with Crippen molar-refractivity contribution in [1.82, 2.24) is 9.71 Å². The van der Waals surface area contributed by atoms with Crippen molar-refractivity contribution in [2.75, 3.05) is 5.32 Å². The van der Waals surface area contributed by atoms with E-state index in [1.165, 1.54) is 12.1 Å². The van der Waals surface area contributed by atoms with Crippen LogP contribution in [0.25, 0.3) is 10.9 Å². The molecule has 8 heteroatoms. The van der Waals surface area contributed by atoms with Crippen LogP contribution in [0.15, 0.2) is 83.7 Å². The number of benzene rings is 3. The van der Waals surface area contributed by atoms with E-state index in [2.05, 4.69) is 10.3 Å².